The summed E-state index contributed by atoms with van der Waals surface area (Å²) < 4.78 is 0. The van der Waals surface area contributed by atoms with Crippen molar-refractivity contribution in [3.8, 4) is 0 Å². The van der Waals surface area contributed by atoms with Crippen LogP contribution in [-0.4, -0.2) is 20.4 Å². The van der Waals surface area contributed by atoms with Crippen LogP contribution >= 0.6 is 11.6 Å². The van der Waals surface area contributed by atoms with Gasteiger partial charge in [-0.05, 0) is 6.92 Å². The first-order valence-electron chi connectivity index (χ1n) is 4.67. The van der Waals surface area contributed by atoms with Gasteiger partial charge in [0.05, 0.1) is 24.1 Å². The van der Waals surface area contributed by atoms with Crippen molar-refractivity contribution < 1.29 is 0 Å². The highest BCUT2D eigenvalue weighted by Gasteiger charge is 2.10. The van der Waals surface area contributed by atoms with E-state index in [1.54, 1.807) is 12.4 Å². The number of aromatic amines is 2. The number of nitrogens with zero attached hydrogens (tertiary/aromatic N) is 2. The smallest absolute Gasteiger partial charge is 0.285 e. The molecule has 0 amide bonds. The first kappa shape index (κ1) is 10.7. The van der Waals surface area contributed by atoms with E-state index in [1.807, 2.05) is 6.92 Å². The molecule has 0 bridgehead atoms. The fourth-order valence-electron chi connectivity index (χ4n) is 1.30. The molecule has 0 aliphatic heterocycles. The molecule has 2 heterocycles. The summed E-state index contributed by atoms with van der Waals surface area (Å²) in [6.45, 7) is 1.93. The predicted molar refractivity (Wildman–Crippen MR) is 60.5 cm³/mol. The van der Waals surface area contributed by atoms with Gasteiger partial charge in [-0.15, -0.1) is 0 Å². The van der Waals surface area contributed by atoms with Gasteiger partial charge in [0.2, 0.25) is 0 Å². The highest BCUT2D eigenvalue weighted by Crippen LogP contribution is 2.21. The van der Waals surface area contributed by atoms with Gasteiger partial charge in [0, 0.05) is 11.8 Å². The quantitative estimate of drug-likeness (QED) is 0.754. The lowest BCUT2D eigenvalue weighted by Crippen LogP contribution is -2.13. The van der Waals surface area contributed by atoms with Gasteiger partial charge < -0.3 is 5.32 Å². The van der Waals surface area contributed by atoms with Crippen molar-refractivity contribution in [2.24, 2.45) is 0 Å². The Kier molecular flexibility index (Phi) is 2.91. The normalized spacial score (nSPS) is 12.4. The van der Waals surface area contributed by atoms with Crippen molar-refractivity contribution in [2.75, 3.05) is 5.32 Å². The van der Waals surface area contributed by atoms with Crippen LogP contribution in [-0.2, 0) is 0 Å². The van der Waals surface area contributed by atoms with Crippen LogP contribution in [0.2, 0.25) is 5.02 Å². The summed E-state index contributed by atoms with van der Waals surface area (Å²) in [5.74, 6) is 0. The van der Waals surface area contributed by atoms with Gasteiger partial charge in [-0.1, -0.05) is 11.6 Å². The number of hydrogen-bond donors (Lipinski definition) is 3. The first-order valence-corrected chi connectivity index (χ1v) is 5.04. The van der Waals surface area contributed by atoms with Crippen molar-refractivity contribution in [3.05, 3.63) is 39.5 Å². The summed E-state index contributed by atoms with van der Waals surface area (Å²) in [6.07, 6.45) is 4.94. The van der Waals surface area contributed by atoms with Gasteiger partial charge in [0.25, 0.3) is 5.56 Å². The lowest BCUT2D eigenvalue weighted by molar-refractivity contribution is 0.876. The summed E-state index contributed by atoms with van der Waals surface area (Å²) >= 11 is 5.83. The van der Waals surface area contributed by atoms with Crippen LogP contribution < -0.4 is 10.9 Å². The SMILES string of the molecule is CC(Nc1cn[nH]c(=O)c1Cl)c1cn[nH]c1. The van der Waals surface area contributed by atoms with Gasteiger partial charge in [0.15, 0.2) is 0 Å². The monoisotopic (exact) mass is 239 g/mol. The summed E-state index contributed by atoms with van der Waals surface area (Å²) in [6, 6.07) is -0.0140. The lowest BCUT2D eigenvalue weighted by Gasteiger charge is -2.13. The summed E-state index contributed by atoms with van der Waals surface area (Å²) in [5.41, 5.74) is 1.06. The molecule has 0 radical (unpaired) electrons. The van der Waals surface area contributed by atoms with E-state index in [0.29, 0.717) is 5.69 Å². The Hall–Kier alpha value is -1.82. The number of anilines is 1. The molecular formula is C9H10ClN5O. The highest BCUT2D eigenvalue weighted by molar-refractivity contribution is 6.32. The number of halogens is 1. The molecule has 0 fully saturated rings. The third-order valence-corrected chi connectivity index (χ3v) is 2.56. The van der Waals surface area contributed by atoms with Crippen LogP contribution in [0.15, 0.2) is 23.4 Å². The Balaban J connectivity index is 2.21. The maximum Gasteiger partial charge on any atom is 0.285 e. The Morgan fingerprint density at radius 3 is 2.94 bits per heavy atom. The number of nitrogens with one attached hydrogen (secondary N) is 3. The molecule has 2 aromatic heterocycles. The van der Waals surface area contributed by atoms with Crippen LogP contribution in [0.5, 0.6) is 0 Å². The molecule has 0 aliphatic rings. The molecule has 0 aliphatic carbocycles. The van der Waals surface area contributed by atoms with E-state index in [9.17, 15) is 4.79 Å². The Morgan fingerprint density at radius 1 is 1.44 bits per heavy atom. The van der Waals surface area contributed by atoms with Crippen LogP contribution in [0.4, 0.5) is 5.69 Å². The van der Waals surface area contributed by atoms with Crippen molar-refractivity contribution in [1.29, 1.82) is 0 Å². The van der Waals surface area contributed by atoms with Crippen molar-refractivity contribution in [3.63, 3.8) is 0 Å². The molecule has 0 spiro atoms. The van der Waals surface area contributed by atoms with E-state index < -0.39 is 5.56 Å². The van der Waals surface area contributed by atoms with E-state index in [1.165, 1.54) is 6.20 Å². The average molecular weight is 240 g/mol. The summed E-state index contributed by atoms with van der Waals surface area (Å²) in [7, 11) is 0. The van der Waals surface area contributed by atoms with Crippen LogP contribution in [0, 0.1) is 0 Å². The molecule has 0 aromatic carbocycles. The third kappa shape index (κ3) is 2.06. The molecular weight excluding hydrogens is 230 g/mol. The van der Waals surface area contributed by atoms with E-state index in [0.717, 1.165) is 5.56 Å². The summed E-state index contributed by atoms with van der Waals surface area (Å²) in [5, 5.41) is 15.7. The van der Waals surface area contributed by atoms with Gasteiger partial charge in [-0.25, -0.2) is 5.10 Å². The number of aromatic nitrogens is 4. The third-order valence-electron chi connectivity index (χ3n) is 2.19. The van der Waals surface area contributed by atoms with Crippen molar-refractivity contribution in [1.82, 2.24) is 20.4 Å². The zero-order chi connectivity index (χ0) is 11.5. The standard InChI is InChI=1S/C9H10ClN5O/c1-5(6-2-11-12-3-6)14-7-4-13-15-9(16)8(7)10/h2-5H,1H3,(H,11,12)(H2,14,15,16). The van der Waals surface area contributed by atoms with Crippen LogP contribution in [0.3, 0.4) is 0 Å². The van der Waals surface area contributed by atoms with E-state index in [-0.39, 0.29) is 11.1 Å². The average Bonchev–Trinajstić information content (AvgIpc) is 2.78. The largest absolute Gasteiger partial charge is 0.376 e. The van der Waals surface area contributed by atoms with Gasteiger partial charge >= 0.3 is 0 Å². The number of rotatable bonds is 3. The minimum Gasteiger partial charge on any atom is -0.376 e. The number of hydrogen-bond acceptors (Lipinski definition) is 4. The molecule has 0 saturated carbocycles. The summed E-state index contributed by atoms with van der Waals surface area (Å²) in [4.78, 5) is 11.2. The van der Waals surface area contributed by atoms with E-state index in [4.69, 9.17) is 11.6 Å². The van der Waals surface area contributed by atoms with E-state index >= 15 is 0 Å². The molecule has 7 heteroatoms. The molecule has 3 N–H and O–H groups in total. The Labute approximate surface area is 96.0 Å². The zero-order valence-corrected chi connectivity index (χ0v) is 9.25. The van der Waals surface area contributed by atoms with Gasteiger partial charge in [-0.3, -0.25) is 9.89 Å². The Bertz CT molecular complexity index is 521. The molecule has 0 saturated heterocycles. The molecule has 84 valence electrons. The second-order valence-corrected chi connectivity index (χ2v) is 3.70. The second-order valence-electron chi connectivity index (χ2n) is 3.32. The maximum absolute atomic E-state index is 11.2. The zero-order valence-electron chi connectivity index (χ0n) is 8.49. The van der Waals surface area contributed by atoms with Crippen LogP contribution in [0.25, 0.3) is 0 Å². The lowest BCUT2D eigenvalue weighted by atomic mass is 10.2. The minimum atomic E-state index is -0.411. The fourth-order valence-corrected chi connectivity index (χ4v) is 1.44. The fraction of sp³-hybridized carbons (Fsp3) is 0.222. The van der Waals surface area contributed by atoms with Crippen molar-refractivity contribution in [2.45, 2.75) is 13.0 Å². The van der Waals surface area contributed by atoms with E-state index in [2.05, 4.69) is 25.7 Å². The molecule has 1 unspecified atom stereocenters. The first-order chi connectivity index (χ1) is 7.68. The Morgan fingerprint density at radius 2 is 2.25 bits per heavy atom. The van der Waals surface area contributed by atoms with Gasteiger partial charge in [-0.2, -0.15) is 10.2 Å². The van der Waals surface area contributed by atoms with Crippen molar-refractivity contribution >= 4 is 17.3 Å². The maximum atomic E-state index is 11.2. The number of H-pyrrole nitrogens is 2. The molecule has 2 aromatic rings. The van der Waals surface area contributed by atoms with Crippen LogP contribution in [0.1, 0.15) is 18.5 Å². The highest BCUT2D eigenvalue weighted by atomic mass is 35.5. The molecule has 2 rings (SSSR count). The molecule has 1 atom stereocenters. The van der Waals surface area contributed by atoms with Gasteiger partial charge in [0.1, 0.15) is 5.02 Å². The molecule has 6 nitrogen and oxygen atoms in total. The minimum absolute atomic E-state index is 0.0140. The second kappa shape index (κ2) is 4.36. The predicted octanol–water partition coefficient (Wildman–Crippen LogP) is 1.32. The molecule has 16 heavy (non-hydrogen) atoms. The topological polar surface area (TPSA) is 86.5 Å².